The summed E-state index contributed by atoms with van der Waals surface area (Å²) in [6.07, 6.45) is -0.0982. The first-order chi connectivity index (χ1) is 9.35. The van der Waals surface area contributed by atoms with Crippen molar-refractivity contribution in [2.75, 3.05) is 6.61 Å². The Hall–Kier alpha value is -2.38. The normalized spacial score (nSPS) is 11.3. The maximum absolute atomic E-state index is 13.4. The predicted molar refractivity (Wildman–Crippen MR) is 61.7 cm³/mol. The third-order valence-electron chi connectivity index (χ3n) is 2.27. The topological polar surface area (TPSA) is 69.4 Å². The summed E-state index contributed by atoms with van der Waals surface area (Å²) in [5, 5.41) is 10.7. The maximum Gasteiger partial charge on any atom is 0.337 e. The van der Waals surface area contributed by atoms with Crippen LogP contribution in [-0.4, -0.2) is 17.5 Å². The van der Waals surface area contributed by atoms with Crippen LogP contribution in [0.4, 0.5) is 13.2 Å². The minimum absolute atomic E-state index is 0.0138. The molecular formula is C12H10F3NO4. The first-order valence-corrected chi connectivity index (χ1v) is 5.50. The molecule has 5 nitrogen and oxygen atoms in total. The Morgan fingerprint density at radius 3 is 2.45 bits per heavy atom. The molecule has 0 aromatic heterocycles. The molecule has 0 unspecified atom stereocenters. The lowest BCUT2D eigenvalue weighted by atomic mass is 10.1. The molecule has 0 fully saturated rings. The van der Waals surface area contributed by atoms with Crippen LogP contribution in [0.3, 0.4) is 0 Å². The Labute approximate surface area is 111 Å². The van der Waals surface area contributed by atoms with Crippen LogP contribution in [-0.2, 0) is 16.0 Å². The summed E-state index contributed by atoms with van der Waals surface area (Å²) in [5.74, 6) is -4.84. The Bertz CT molecular complexity index is 572. The van der Waals surface area contributed by atoms with E-state index in [9.17, 15) is 28.1 Å². The number of esters is 1. The molecule has 0 saturated carbocycles. The lowest BCUT2D eigenvalue weighted by Crippen LogP contribution is -2.09. The molecule has 0 bridgehead atoms. The van der Waals surface area contributed by atoms with Crippen molar-refractivity contribution in [3.8, 4) is 0 Å². The molecule has 0 saturated heterocycles. The number of rotatable bonds is 5. The Morgan fingerprint density at radius 1 is 1.30 bits per heavy atom. The summed E-state index contributed by atoms with van der Waals surface area (Å²) in [6, 6.07) is 0.791. The van der Waals surface area contributed by atoms with Crippen LogP contribution in [0, 0.1) is 27.6 Å². The van der Waals surface area contributed by atoms with Crippen LogP contribution < -0.4 is 0 Å². The average molecular weight is 289 g/mol. The van der Waals surface area contributed by atoms with Gasteiger partial charge in [-0.1, -0.05) is 0 Å². The molecule has 0 aliphatic carbocycles. The van der Waals surface area contributed by atoms with Gasteiger partial charge in [-0.15, -0.1) is 0 Å². The van der Waals surface area contributed by atoms with Crippen molar-refractivity contribution in [3.63, 3.8) is 0 Å². The fourth-order valence-corrected chi connectivity index (χ4v) is 1.38. The number of nitrogens with zero attached hydrogens (tertiary/aromatic N) is 1. The molecule has 0 aliphatic rings. The van der Waals surface area contributed by atoms with E-state index in [2.05, 4.69) is 4.74 Å². The summed E-state index contributed by atoms with van der Waals surface area (Å²) in [6.45, 7) is 1.52. The summed E-state index contributed by atoms with van der Waals surface area (Å²) in [4.78, 5) is 21.0. The molecule has 0 aliphatic heterocycles. The highest BCUT2D eigenvalue weighted by Crippen LogP contribution is 2.17. The molecule has 0 spiro atoms. The van der Waals surface area contributed by atoms with Gasteiger partial charge in [0.25, 0.3) is 5.70 Å². The second-order valence-corrected chi connectivity index (χ2v) is 3.68. The first kappa shape index (κ1) is 15.7. The fraction of sp³-hybridized carbons (Fsp3) is 0.250. The molecule has 0 radical (unpaired) electrons. The average Bonchev–Trinajstić information content (AvgIpc) is 2.35. The monoisotopic (exact) mass is 289 g/mol. The van der Waals surface area contributed by atoms with E-state index >= 15 is 0 Å². The summed E-state index contributed by atoms with van der Waals surface area (Å²) in [5.41, 5.74) is -1.12. The van der Waals surface area contributed by atoms with Crippen LogP contribution in [0.1, 0.15) is 12.5 Å². The van der Waals surface area contributed by atoms with Crippen molar-refractivity contribution in [1.29, 1.82) is 0 Å². The van der Waals surface area contributed by atoms with Gasteiger partial charge in [-0.2, -0.15) is 0 Å². The molecule has 8 heteroatoms. The molecule has 108 valence electrons. The van der Waals surface area contributed by atoms with Crippen molar-refractivity contribution in [2.24, 2.45) is 0 Å². The number of hydrogen-bond donors (Lipinski definition) is 0. The third kappa shape index (κ3) is 4.08. The number of carbonyl (C=O) groups is 1. The summed E-state index contributed by atoms with van der Waals surface area (Å²) >= 11 is 0. The zero-order valence-electron chi connectivity index (χ0n) is 10.4. The quantitative estimate of drug-likeness (QED) is 0.274. The van der Waals surface area contributed by atoms with E-state index in [4.69, 9.17) is 0 Å². The molecule has 0 heterocycles. The second kappa shape index (κ2) is 6.69. The zero-order chi connectivity index (χ0) is 15.3. The molecule has 1 aromatic carbocycles. The van der Waals surface area contributed by atoms with E-state index < -0.39 is 46.0 Å². The van der Waals surface area contributed by atoms with Crippen LogP contribution in [0.15, 0.2) is 23.9 Å². The Balaban J connectivity index is 3.06. The van der Waals surface area contributed by atoms with Crippen molar-refractivity contribution < 1.29 is 27.6 Å². The van der Waals surface area contributed by atoms with E-state index in [1.165, 1.54) is 6.92 Å². The smallest absolute Gasteiger partial charge is 0.337 e. The molecule has 0 atom stereocenters. The van der Waals surface area contributed by atoms with Crippen LogP contribution in [0.5, 0.6) is 0 Å². The summed E-state index contributed by atoms with van der Waals surface area (Å²) in [7, 11) is 0. The maximum atomic E-state index is 13.4. The van der Waals surface area contributed by atoms with E-state index in [0.29, 0.717) is 12.1 Å². The number of ether oxygens (including phenoxy) is 1. The van der Waals surface area contributed by atoms with Gasteiger partial charge in [-0.05, 0) is 13.0 Å². The number of carbonyl (C=O) groups excluding carboxylic acids is 1. The van der Waals surface area contributed by atoms with E-state index in [-0.39, 0.29) is 12.7 Å². The van der Waals surface area contributed by atoms with Crippen LogP contribution in [0.2, 0.25) is 0 Å². The Kier molecular flexibility index (Phi) is 5.24. The molecule has 0 amide bonds. The number of nitro groups is 1. The van der Waals surface area contributed by atoms with Gasteiger partial charge in [0.2, 0.25) is 0 Å². The summed E-state index contributed by atoms with van der Waals surface area (Å²) < 4.78 is 43.6. The van der Waals surface area contributed by atoms with Gasteiger partial charge in [0.15, 0.2) is 11.6 Å². The SMILES string of the molecule is CCOC(=O)C=C(Cc1cc(F)c(F)cc1F)[N+](=O)[O-]. The highest BCUT2D eigenvalue weighted by atomic mass is 19.2. The minimum atomic E-state index is -1.40. The van der Waals surface area contributed by atoms with E-state index in [1.54, 1.807) is 0 Å². The number of allylic oxidation sites excluding steroid dienone is 1. The van der Waals surface area contributed by atoms with Gasteiger partial charge in [0.05, 0.1) is 24.0 Å². The molecule has 1 rings (SSSR count). The van der Waals surface area contributed by atoms with Gasteiger partial charge in [-0.3, -0.25) is 10.1 Å². The van der Waals surface area contributed by atoms with Crippen molar-refractivity contribution in [1.82, 2.24) is 0 Å². The predicted octanol–water partition coefficient (Wildman–Crippen LogP) is 2.37. The van der Waals surface area contributed by atoms with Gasteiger partial charge >= 0.3 is 5.97 Å². The molecular weight excluding hydrogens is 279 g/mol. The van der Waals surface area contributed by atoms with E-state index in [1.807, 2.05) is 0 Å². The molecule has 1 aromatic rings. The van der Waals surface area contributed by atoms with Gasteiger partial charge in [0, 0.05) is 11.6 Å². The third-order valence-corrected chi connectivity index (χ3v) is 2.27. The van der Waals surface area contributed by atoms with Crippen LogP contribution >= 0.6 is 0 Å². The van der Waals surface area contributed by atoms with Crippen molar-refractivity contribution in [3.05, 3.63) is 57.0 Å². The minimum Gasteiger partial charge on any atom is -0.463 e. The number of hydrogen-bond acceptors (Lipinski definition) is 4. The van der Waals surface area contributed by atoms with Crippen LogP contribution in [0.25, 0.3) is 0 Å². The lowest BCUT2D eigenvalue weighted by molar-refractivity contribution is -0.427. The Morgan fingerprint density at radius 2 is 1.90 bits per heavy atom. The molecule has 0 N–H and O–H groups in total. The van der Waals surface area contributed by atoms with Crippen molar-refractivity contribution in [2.45, 2.75) is 13.3 Å². The zero-order valence-corrected chi connectivity index (χ0v) is 10.4. The first-order valence-electron chi connectivity index (χ1n) is 5.50. The fourth-order valence-electron chi connectivity index (χ4n) is 1.38. The van der Waals surface area contributed by atoms with E-state index in [0.717, 1.165) is 0 Å². The van der Waals surface area contributed by atoms with Gasteiger partial charge < -0.3 is 4.74 Å². The highest BCUT2D eigenvalue weighted by molar-refractivity contribution is 5.82. The van der Waals surface area contributed by atoms with Gasteiger partial charge in [0.1, 0.15) is 5.82 Å². The second-order valence-electron chi connectivity index (χ2n) is 3.68. The standard InChI is InChI=1S/C12H10F3NO4/c1-2-20-12(17)5-8(16(18)19)3-7-4-10(14)11(15)6-9(7)13/h4-6H,2-3H2,1H3. The largest absolute Gasteiger partial charge is 0.463 e. The molecule has 20 heavy (non-hydrogen) atoms. The number of halogens is 3. The number of benzene rings is 1. The lowest BCUT2D eigenvalue weighted by Gasteiger charge is -2.03. The van der Waals surface area contributed by atoms with Crippen molar-refractivity contribution >= 4 is 5.97 Å². The van der Waals surface area contributed by atoms with Gasteiger partial charge in [-0.25, -0.2) is 18.0 Å². The highest BCUT2D eigenvalue weighted by Gasteiger charge is 2.19.